The second-order valence-electron chi connectivity index (χ2n) is 5.89. The molecule has 6 nitrogen and oxygen atoms in total. The molecule has 0 fully saturated rings. The van der Waals surface area contributed by atoms with Crippen LogP contribution in [0.1, 0.15) is 24.0 Å². The number of anilines is 1. The first kappa shape index (κ1) is 18.5. The summed E-state index contributed by atoms with van der Waals surface area (Å²) in [5, 5.41) is 17.1. The number of amides is 2. The molecule has 27 heavy (non-hydrogen) atoms. The molecular weight excluding hydrogens is 371 g/mol. The van der Waals surface area contributed by atoms with E-state index in [9.17, 15) is 14.0 Å². The first-order chi connectivity index (χ1) is 13.0. The summed E-state index contributed by atoms with van der Waals surface area (Å²) in [6, 6.07) is 12.2. The van der Waals surface area contributed by atoms with Crippen LogP contribution < -0.4 is 5.32 Å². The van der Waals surface area contributed by atoms with E-state index in [0.29, 0.717) is 16.8 Å². The molecule has 3 rings (SSSR count). The molecule has 0 aliphatic carbocycles. The predicted octanol–water partition coefficient (Wildman–Crippen LogP) is 3.47. The minimum absolute atomic E-state index is 0.151. The Morgan fingerprint density at radius 1 is 1.26 bits per heavy atom. The van der Waals surface area contributed by atoms with Crippen LogP contribution in [0.4, 0.5) is 10.1 Å². The lowest BCUT2D eigenvalue weighted by atomic mass is 10.1. The van der Waals surface area contributed by atoms with Gasteiger partial charge in [0, 0.05) is 18.5 Å². The zero-order chi connectivity index (χ0) is 19.4. The molecule has 2 aromatic carbocycles. The Balaban J connectivity index is 1.73. The maximum absolute atomic E-state index is 13.0. The van der Waals surface area contributed by atoms with Gasteiger partial charge in [0.05, 0.1) is 17.1 Å². The van der Waals surface area contributed by atoms with E-state index in [1.54, 1.807) is 18.2 Å². The van der Waals surface area contributed by atoms with E-state index in [1.807, 2.05) is 6.07 Å². The lowest BCUT2D eigenvalue weighted by Crippen LogP contribution is -2.36. The third-order valence-electron chi connectivity index (χ3n) is 3.96. The number of carbonyl (C=O) groups excluding carboxylic acids is 2. The van der Waals surface area contributed by atoms with E-state index in [2.05, 4.69) is 10.4 Å². The Kier molecular flexibility index (Phi) is 5.48. The smallest absolute Gasteiger partial charge is 0.271 e. The lowest BCUT2D eigenvalue weighted by molar-refractivity contribution is -0.132. The van der Waals surface area contributed by atoms with E-state index in [-0.39, 0.29) is 41.8 Å². The Hall–Kier alpha value is -3.24. The van der Waals surface area contributed by atoms with Crippen LogP contribution in [0.25, 0.3) is 0 Å². The summed E-state index contributed by atoms with van der Waals surface area (Å²) in [6.07, 6.45) is 0.371. The highest BCUT2D eigenvalue weighted by Gasteiger charge is 2.24. The lowest BCUT2D eigenvalue weighted by Gasteiger charge is -2.23. The molecule has 2 aromatic rings. The van der Waals surface area contributed by atoms with Gasteiger partial charge >= 0.3 is 0 Å². The molecule has 2 amide bonds. The maximum Gasteiger partial charge on any atom is 0.271 e. The van der Waals surface area contributed by atoms with Gasteiger partial charge in [-0.3, -0.25) is 9.59 Å². The number of hydrogen-bond donors (Lipinski definition) is 1. The third-order valence-corrected chi connectivity index (χ3v) is 4.27. The molecule has 1 aliphatic heterocycles. The zero-order valence-electron chi connectivity index (χ0n) is 14.1. The summed E-state index contributed by atoms with van der Waals surface area (Å²) in [5.41, 5.74) is 1.64. The molecule has 0 aromatic heterocycles. The van der Waals surface area contributed by atoms with Crippen molar-refractivity contribution in [1.29, 1.82) is 5.26 Å². The fourth-order valence-electron chi connectivity index (χ4n) is 2.54. The van der Waals surface area contributed by atoms with Crippen LogP contribution in [-0.4, -0.2) is 22.5 Å². The van der Waals surface area contributed by atoms with Crippen molar-refractivity contribution in [2.24, 2.45) is 5.10 Å². The maximum atomic E-state index is 13.0. The highest BCUT2D eigenvalue weighted by molar-refractivity contribution is 6.43. The molecule has 1 N–H and O–H groups in total. The molecule has 0 spiro atoms. The van der Waals surface area contributed by atoms with Crippen LogP contribution in [0.3, 0.4) is 0 Å². The number of nitriles is 1. The van der Waals surface area contributed by atoms with Gasteiger partial charge in [-0.2, -0.15) is 10.4 Å². The third kappa shape index (κ3) is 4.49. The Morgan fingerprint density at radius 3 is 2.67 bits per heavy atom. The van der Waals surface area contributed by atoms with Gasteiger partial charge in [0.15, 0.2) is 0 Å². The average Bonchev–Trinajstić information content (AvgIpc) is 2.65. The monoisotopic (exact) mass is 384 g/mol. The minimum atomic E-state index is -0.451. The summed E-state index contributed by atoms with van der Waals surface area (Å²) >= 11 is 5.96. The number of benzene rings is 2. The molecule has 1 aliphatic rings. The van der Waals surface area contributed by atoms with Crippen molar-refractivity contribution in [3.63, 3.8) is 0 Å². The van der Waals surface area contributed by atoms with E-state index in [0.717, 1.165) is 0 Å². The summed E-state index contributed by atoms with van der Waals surface area (Å²) in [6.45, 7) is 0.151. The summed E-state index contributed by atoms with van der Waals surface area (Å²) < 4.78 is 13.0. The van der Waals surface area contributed by atoms with Crippen LogP contribution >= 0.6 is 11.6 Å². The molecule has 0 unspecified atom stereocenters. The molecule has 0 bridgehead atoms. The van der Waals surface area contributed by atoms with Gasteiger partial charge in [0.25, 0.3) is 5.91 Å². The normalized spacial score (nSPS) is 13.7. The van der Waals surface area contributed by atoms with E-state index < -0.39 is 5.91 Å². The number of hydrazone groups is 1. The summed E-state index contributed by atoms with van der Waals surface area (Å²) in [4.78, 5) is 24.5. The number of hydrogen-bond acceptors (Lipinski definition) is 4. The fraction of sp³-hybridized carbons (Fsp3) is 0.158. The van der Waals surface area contributed by atoms with Crippen LogP contribution in [0.5, 0.6) is 0 Å². The van der Waals surface area contributed by atoms with E-state index in [4.69, 9.17) is 16.9 Å². The molecule has 8 heteroatoms. The van der Waals surface area contributed by atoms with Crippen molar-refractivity contribution in [3.05, 3.63) is 64.4 Å². The van der Waals surface area contributed by atoms with Crippen LogP contribution in [0.15, 0.2) is 47.6 Å². The van der Waals surface area contributed by atoms with Crippen LogP contribution in [0.2, 0.25) is 5.02 Å². The molecule has 0 atom stereocenters. The number of nitrogens with one attached hydrogen (secondary N) is 1. The zero-order valence-corrected chi connectivity index (χ0v) is 14.8. The molecule has 0 saturated carbocycles. The molecule has 0 saturated heterocycles. The predicted molar refractivity (Wildman–Crippen MR) is 98.4 cm³/mol. The number of nitrogens with zero attached hydrogens (tertiary/aromatic N) is 3. The fourth-order valence-corrected chi connectivity index (χ4v) is 2.76. The van der Waals surface area contributed by atoms with Gasteiger partial charge in [0.2, 0.25) is 5.91 Å². The van der Waals surface area contributed by atoms with Gasteiger partial charge in [-0.05, 0) is 35.9 Å². The summed E-state index contributed by atoms with van der Waals surface area (Å²) in [7, 11) is 0. The van der Waals surface area contributed by atoms with E-state index >= 15 is 0 Å². The Bertz CT molecular complexity index is 967. The largest absolute Gasteiger partial charge is 0.321 e. The van der Waals surface area contributed by atoms with Crippen molar-refractivity contribution in [1.82, 2.24) is 5.01 Å². The average molecular weight is 385 g/mol. The number of halogens is 2. The van der Waals surface area contributed by atoms with Gasteiger partial charge < -0.3 is 5.32 Å². The highest BCUT2D eigenvalue weighted by Crippen LogP contribution is 2.21. The standard InChI is InChI=1S/C19H14ClFN4O2/c20-16-9-15(6-3-13(16)10-22)23-19(27)17-7-8-18(26)25(24-17)11-12-1-4-14(21)5-2-12/h1-6,9H,7-8,11H2,(H,23,27). The molecule has 136 valence electrons. The topological polar surface area (TPSA) is 85.6 Å². The Morgan fingerprint density at radius 2 is 2.00 bits per heavy atom. The summed E-state index contributed by atoms with van der Waals surface area (Å²) in [5.74, 6) is -1.03. The van der Waals surface area contributed by atoms with Crippen molar-refractivity contribution < 1.29 is 14.0 Å². The Labute approximate surface area is 159 Å². The quantitative estimate of drug-likeness (QED) is 0.875. The first-order valence-electron chi connectivity index (χ1n) is 8.09. The number of carbonyl (C=O) groups is 2. The second-order valence-corrected chi connectivity index (χ2v) is 6.29. The molecule has 0 radical (unpaired) electrons. The number of rotatable bonds is 4. The van der Waals surface area contributed by atoms with Crippen molar-refractivity contribution in [2.45, 2.75) is 19.4 Å². The van der Waals surface area contributed by atoms with E-state index in [1.165, 1.54) is 29.3 Å². The van der Waals surface area contributed by atoms with Gasteiger partial charge in [0.1, 0.15) is 17.6 Å². The SMILES string of the molecule is N#Cc1ccc(NC(=O)C2=NN(Cc3ccc(F)cc3)C(=O)CC2)cc1Cl. The second kappa shape index (κ2) is 7.98. The van der Waals surface area contributed by atoms with Crippen molar-refractivity contribution >= 4 is 34.8 Å². The van der Waals surface area contributed by atoms with Crippen molar-refractivity contribution in [2.75, 3.05) is 5.32 Å². The minimum Gasteiger partial charge on any atom is -0.321 e. The van der Waals surface area contributed by atoms with Gasteiger partial charge in [-0.25, -0.2) is 9.40 Å². The van der Waals surface area contributed by atoms with Gasteiger partial charge in [-0.15, -0.1) is 0 Å². The first-order valence-corrected chi connectivity index (χ1v) is 8.47. The highest BCUT2D eigenvalue weighted by atomic mass is 35.5. The van der Waals surface area contributed by atoms with Gasteiger partial charge in [-0.1, -0.05) is 23.7 Å². The van der Waals surface area contributed by atoms with Crippen LogP contribution in [-0.2, 0) is 16.1 Å². The molecular formula is C19H14ClFN4O2. The van der Waals surface area contributed by atoms with Crippen molar-refractivity contribution in [3.8, 4) is 6.07 Å². The van der Waals surface area contributed by atoms with Crippen LogP contribution in [0, 0.1) is 17.1 Å². The molecule has 1 heterocycles.